The Kier molecular flexibility index (Phi) is 8.04. The van der Waals surface area contributed by atoms with Crippen LogP contribution >= 0.6 is 0 Å². The Balaban J connectivity index is 1.03. The summed E-state index contributed by atoms with van der Waals surface area (Å²) in [5.74, 6) is -2.12. The summed E-state index contributed by atoms with van der Waals surface area (Å²) in [6.07, 6.45) is 3.38. The maximum absolute atomic E-state index is 14.6. The number of nitrogens with zero attached hydrogens (tertiary/aromatic N) is 3. The smallest absolute Gasteiger partial charge is 0.411 e. The predicted octanol–water partition coefficient (Wildman–Crippen LogP) is 5.82. The first-order valence-electron chi connectivity index (χ1n) is 17.1. The molecule has 3 aliphatic heterocycles. The monoisotopic (exact) mass is 691 g/mol. The fourth-order valence-corrected chi connectivity index (χ4v) is 8.47. The van der Waals surface area contributed by atoms with E-state index in [2.05, 4.69) is 15.6 Å². The number of amides is 4. The van der Waals surface area contributed by atoms with Crippen LogP contribution in [0.15, 0.2) is 85.1 Å². The lowest BCUT2D eigenvalue weighted by Crippen LogP contribution is -2.62. The van der Waals surface area contributed by atoms with Gasteiger partial charge in [0.1, 0.15) is 36.1 Å². The average molecular weight is 692 g/mol. The molecule has 0 saturated carbocycles. The van der Waals surface area contributed by atoms with Crippen LogP contribution in [-0.2, 0) is 44.0 Å². The van der Waals surface area contributed by atoms with Gasteiger partial charge in [-0.1, -0.05) is 42.5 Å². The number of halogens is 2. The number of nitrogens with one attached hydrogen (secondary N) is 2. The molecule has 2 fully saturated rings. The fraction of sp³-hybridized carbons (Fsp3) is 0.308. The summed E-state index contributed by atoms with van der Waals surface area (Å²) in [7, 11) is 0. The van der Waals surface area contributed by atoms with Crippen LogP contribution in [0.2, 0.25) is 0 Å². The number of piperidine rings is 1. The van der Waals surface area contributed by atoms with Crippen LogP contribution in [0.3, 0.4) is 0 Å². The molecular formula is C39H35F2N5O5. The molecule has 1 aliphatic carbocycles. The maximum atomic E-state index is 14.6. The SMILES string of the molecule is O=C(CN1C(=O)C2(CCCN2C(=O)OCc2ccccc2)CCC1c1cc(F)cc(F)c1)Nc1ccc2c(c1)CC1(C2)C(=O)Nc2ncccc21. The molecule has 8 rings (SSSR count). The van der Waals surface area contributed by atoms with Gasteiger partial charge in [-0.05, 0) is 91.1 Å². The van der Waals surface area contributed by atoms with Gasteiger partial charge in [-0.2, -0.15) is 0 Å². The summed E-state index contributed by atoms with van der Waals surface area (Å²) >= 11 is 0. The molecule has 12 heteroatoms. The molecule has 4 heterocycles. The summed E-state index contributed by atoms with van der Waals surface area (Å²) in [5.41, 5.74) is 2.23. The van der Waals surface area contributed by atoms with E-state index in [1.807, 2.05) is 54.6 Å². The summed E-state index contributed by atoms with van der Waals surface area (Å²) in [4.78, 5) is 62.0. The molecule has 4 aromatic rings. The summed E-state index contributed by atoms with van der Waals surface area (Å²) in [6.45, 7) is -0.0830. The van der Waals surface area contributed by atoms with Gasteiger partial charge in [0.2, 0.25) is 17.7 Å². The highest BCUT2D eigenvalue weighted by Gasteiger charge is 2.56. The quantitative estimate of drug-likeness (QED) is 0.263. The van der Waals surface area contributed by atoms with Crippen molar-refractivity contribution in [1.29, 1.82) is 0 Å². The van der Waals surface area contributed by atoms with E-state index in [1.54, 1.807) is 12.3 Å². The molecule has 1 aromatic heterocycles. The zero-order valence-corrected chi connectivity index (χ0v) is 27.7. The Morgan fingerprint density at radius 3 is 2.53 bits per heavy atom. The number of rotatable bonds is 6. The van der Waals surface area contributed by atoms with Crippen molar-refractivity contribution in [3.8, 4) is 0 Å². The third-order valence-electron chi connectivity index (χ3n) is 10.8. The predicted molar refractivity (Wildman–Crippen MR) is 182 cm³/mol. The van der Waals surface area contributed by atoms with Gasteiger partial charge >= 0.3 is 6.09 Å². The number of aromatic nitrogens is 1. The molecule has 260 valence electrons. The van der Waals surface area contributed by atoms with Crippen molar-refractivity contribution >= 4 is 35.3 Å². The van der Waals surface area contributed by atoms with Gasteiger partial charge in [0.15, 0.2) is 0 Å². The number of carbonyl (C=O) groups excluding carboxylic acids is 4. The second kappa shape index (κ2) is 12.6. The van der Waals surface area contributed by atoms with Crippen molar-refractivity contribution in [2.75, 3.05) is 23.7 Å². The molecule has 3 unspecified atom stereocenters. The van der Waals surface area contributed by atoms with Gasteiger partial charge in [0.05, 0.1) is 11.5 Å². The third kappa shape index (κ3) is 5.68. The van der Waals surface area contributed by atoms with E-state index in [-0.39, 0.29) is 30.9 Å². The van der Waals surface area contributed by atoms with E-state index < -0.39 is 53.1 Å². The van der Waals surface area contributed by atoms with Gasteiger partial charge in [-0.15, -0.1) is 0 Å². The summed E-state index contributed by atoms with van der Waals surface area (Å²) in [5, 5.41) is 5.79. The number of hydrogen-bond acceptors (Lipinski definition) is 6. The molecular weight excluding hydrogens is 656 g/mol. The van der Waals surface area contributed by atoms with Gasteiger partial charge < -0.3 is 20.3 Å². The molecule has 4 aliphatic rings. The van der Waals surface area contributed by atoms with E-state index in [1.165, 1.54) is 21.9 Å². The van der Waals surface area contributed by atoms with Crippen molar-refractivity contribution < 1.29 is 32.7 Å². The Morgan fingerprint density at radius 1 is 0.941 bits per heavy atom. The number of pyridine rings is 1. The molecule has 10 nitrogen and oxygen atoms in total. The van der Waals surface area contributed by atoms with Gasteiger partial charge in [0, 0.05) is 30.1 Å². The maximum Gasteiger partial charge on any atom is 0.411 e. The zero-order chi connectivity index (χ0) is 35.3. The highest BCUT2D eigenvalue weighted by Crippen LogP contribution is 2.47. The van der Waals surface area contributed by atoms with E-state index in [4.69, 9.17) is 4.74 Å². The minimum atomic E-state index is -1.26. The van der Waals surface area contributed by atoms with Crippen LogP contribution in [0.5, 0.6) is 0 Å². The van der Waals surface area contributed by atoms with Crippen LogP contribution in [0.4, 0.5) is 25.1 Å². The topological polar surface area (TPSA) is 121 Å². The largest absolute Gasteiger partial charge is 0.445 e. The molecule has 4 amide bonds. The molecule has 0 radical (unpaired) electrons. The highest BCUT2D eigenvalue weighted by atomic mass is 19.1. The lowest BCUT2D eigenvalue weighted by molar-refractivity contribution is -0.152. The van der Waals surface area contributed by atoms with Crippen LogP contribution in [-0.4, -0.2) is 57.2 Å². The normalized spacial score (nSPS) is 23.4. The molecule has 2 spiro atoms. The van der Waals surface area contributed by atoms with Gasteiger partial charge in [-0.3, -0.25) is 19.3 Å². The lowest BCUT2D eigenvalue weighted by Gasteiger charge is -2.47. The Bertz CT molecular complexity index is 2060. The molecule has 3 atom stereocenters. The van der Waals surface area contributed by atoms with Crippen LogP contribution in [0, 0.1) is 11.6 Å². The number of hydrogen-bond donors (Lipinski definition) is 2. The Hall–Kier alpha value is -5.65. The van der Waals surface area contributed by atoms with Gasteiger partial charge in [0.25, 0.3) is 0 Å². The minimum absolute atomic E-state index is 0.0354. The summed E-state index contributed by atoms with van der Waals surface area (Å²) < 4.78 is 34.5. The van der Waals surface area contributed by atoms with Crippen LogP contribution in [0.1, 0.15) is 59.5 Å². The van der Waals surface area contributed by atoms with Crippen LogP contribution in [0.25, 0.3) is 0 Å². The fourth-order valence-electron chi connectivity index (χ4n) is 8.47. The Morgan fingerprint density at radius 2 is 1.73 bits per heavy atom. The number of benzene rings is 3. The second-order valence-electron chi connectivity index (χ2n) is 13.8. The molecule has 0 bridgehead atoms. The van der Waals surface area contributed by atoms with Crippen molar-refractivity contribution in [2.24, 2.45) is 0 Å². The highest BCUT2D eigenvalue weighted by molar-refractivity contribution is 6.06. The number of ether oxygens (including phenoxy) is 1. The molecule has 3 aromatic carbocycles. The zero-order valence-electron chi connectivity index (χ0n) is 27.7. The van der Waals surface area contributed by atoms with E-state index in [0.717, 1.165) is 28.3 Å². The van der Waals surface area contributed by atoms with Crippen molar-refractivity contribution in [1.82, 2.24) is 14.8 Å². The second-order valence-corrected chi connectivity index (χ2v) is 13.8. The molecule has 2 saturated heterocycles. The Labute approximate surface area is 292 Å². The van der Waals surface area contributed by atoms with E-state index >= 15 is 0 Å². The van der Waals surface area contributed by atoms with Crippen LogP contribution < -0.4 is 10.6 Å². The first-order chi connectivity index (χ1) is 24.6. The third-order valence-corrected chi connectivity index (χ3v) is 10.8. The number of likely N-dealkylation sites (tertiary alicyclic amines) is 2. The molecule has 2 N–H and O–H groups in total. The minimum Gasteiger partial charge on any atom is -0.445 e. The lowest BCUT2D eigenvalue weighted by atomic mass is 9.79. The first-order valence-corrected chi connectivity index (χ1v) is 17.1. The van der Waals surface area contributed by atoms with Crippen molar-refractivity contribution in [3.05, 3.63) is 125 Å². The number of anilines is 2. The van der Waals surface area contributed by atoms with E-state index in [0.29, 0.717) is 43.7 Å². The van der Waals surface area contributed by atoms with Crippen molar-refractivity contribution in [2.45, 2.75) is 62.1 Å². The van der Waals surface area contributed by atoms with E-state index in [9.17, 15) is 28.0 Å². The summed E-state index contributed by atoms with van der Waals surface area (Å²) in [6, 6.07) is 20.7. The van der Waals surface area contributed by atoms with Gasteiger partial charge in [-0.25, -0.2) is 18.6 Å². The average Bonchev–Trinajstić information content (AvgIpc) is 3.79. The first kappa shape index (κ1) is 32.5. The number of fused-ring (bicyclic) bond motifs is 3. The standard InChI is InChI=1S/C39H35F2N5O5/c40-28-16-26(17-29(41)19-28)32-11-13-39(12-5-15-46(39)37(50)51-23-24-6-2-1-3-7-24)36(49)45(32)22-33(47)43-30-10-9-25-20-38(21-27(25)18-30)31-8-4-14-42-34(31)44-35(38)48/h1-4,6-10,14,16-19,32H,5,11-13,15,20-23H2,(H,43,47)(H,42,44,48). The molecule has 51 heavy (non-hydrogen) atoms. The van der Waals surface area contributed by atoms with Crippen molar-refractivity contribution in [3.63, 3.8) is 0 Å². The number of carbonyl (C=O) groups is 4.